The molecule has 0 saturated carbocycles. The summed E-state index contributed by atoms with van der Waals surface area (Å²) in [5.41, 5.74) is 0.770. The third-order valence-electron chi connectivity index (χ3n) is 4.30. The first-order chi connectivity index (χ1) is 11.6. The zero-order valence-corrected chi connectivity index (χ0v) is 13.4. The van der Waals surface area contributed by atoms with Gasteiger partial charge in [-0.2, -0.15) is 0 Å². The van der Waals surface area contributed by atoms with E-state index < -0.39 is 23.1 Å². The minimum atomic E-state index is -0.801. The van der Waals surface area contributed by atoms with Gasteiger partial charge in [-0.05, 0) is 24.1 Å². The van der Waals surface area contributed by atoms with E-state index in [2.05, 4.69) is 17.0 Å². The lowest BCUT2D eigenvalue weighted by molar-refractivity contribution is 0.0751. The highest BCUT2D eigenvalue weighted by molar-refractivity contribution is 5.94. The Bertz CT molecular complexity index is 686. The molecule has 0 aromatic heterocycles. The number of carbonyl (C=O) groups excluding carboxylic acids is 1. The Morgan fingerprint density at radius 3 is 2.29 bits per heavy atom. The lowest BCUT2D eigenvalue weighted by atomic mass is 10.1. The first-order valence-electron chi connectivity index (χ1n) is 8.15. The van der Waals surface area contributed by atoms with Crippen LogP contribution in [-0.4, -0.2) is 41.9 Å². The van der Waals surface area contributed by atoms with E-state index in [1.807, 2.05) is 18.2 Å². The van der Waals surface area contributed by atoms with Gasteiger partial charge in [-0.1, -0.05) is 36.4 Å². The monoisotopic (exact) mass is 330 g/mol. The lowest BCUT2D eigenvalue weighted by Gasteiger charge is -2.22. The molecule has 2 aromatic rings. The highest BCUT2D eigenvalue weighted by Gasteiger charge is 2.25. The summed E-state index contributed by atoms with van der Waals surface area (Å²) < 4.78 is 27.6. The molecule has 24 heavy (non-hydrogen) atoms. The average Bonchev–Trinajstić information content (AvgIpc) is 2.81. The molecule has 1 aliphatic heterocycles. The summed E-state index contributed by atoms with van der Waals surface area (Å²) in [5, 5.41) is 0. The van der Waals surface area contributed by atoms with E-state index in [4.69, 9.17) is 0 Å². The van der Waals surface area contributed by atoms with Gasteiger partial charge in [0, 0.05) is 32.7 Å². The molecule has 3 rings (SSSR count). The molecule has 5 heteroatoms. The minimum absolute atomic E-state index is 0.450. The second-order valence-electron chi connectivity index (χ2n) is 6.00. The summed E-state index contributed by atoms with van der Waals surface area (Å²) >= 11 is 0. The number of halogens is 2. The zero-order valence-electron chi connectivity index (χ0n) is 13.4. The van der Waals surface area contributed by atoms with Gasteiger partial charge in [0.2, 0.25) is 0 Å². The molecule has 0 radical (unpaired) electrons. The fourth-order valence-corrected chi connectivity index (χ4v) is 3.03. The average molecular weight is 330 g/mol. The quantitative estimate of drug-likeness (QED) is 0.862. The standard InChI is InChI=1S/C19H20F2N2O/c20-16-8-4-9-17(21)18(16)19(24)23-11-5-10-22(12-13-23)14-15-6-2-1-3-7-15/h1-4,6-9H,5,10-14H2. The SMILES string of the molecule is O=C(c1c(F)cccc1F)N1CCCN(Cc2ccccc2)CC1. The summed E-state index contributed by atoms with van der Waals surface area (Å²) in [6.45, 7) is 3.35. The Labute approximate surface area is 140 Å². The molecular formula is C19H20F2N2O. The Balaban J connectivity index is 1.66. The maximum absolute atomic E-state index is 13.8. The van der Waals surface area contributed by atoms with E-state index in [0.717, 1.165) is 31.6 Å². The Kier molecular flexibility index (Phi) is 5.20. The van der Waals surface area contributed by atoms with Crippen molar-refractivity contribution in [1.29, 1.82) is 0 Å². The molecule has 0 bridgehead atoms. The number of amides is 1. The van der Waals surface area contributed by atoms with Crippen LogP contribution in [0.5, 0.6) is 0 Å². The second kappa shape index (κ2) is 7.53. The van der Waals surface area contributed by atoms with Crippen LogP contribution in [0.3, 0.4) is 0 Å². The summed E-state index contributed by atoms with van der Waals surface area (Å²) in [4.78, 5) is 16.3. The van der Waals surface area contributed by atoms with Crippen LogP contribution in [0.2, 0.25) is 0 Å². The molecule has 0 atom stereocenters. The van der Waals surface area contributed by atoms with Crippen LogP contribution in [-0.2, 0) is 6.54 Å². The van der Waals surface area contributed by atoms with Crippen molar-refractivity contribution >= 4 is 5.91 Å². The topological polar surface area (TPSA) is 23.6 Å². The van der Waals surface area contributed by atoms with Gasteiger partial charge in [0.1, 0.15) is 17.2 Å². The van der Waals surface area contributed by atoms with E-state index in [0.29, 0.717) is 19.6 Å². The molecule has 126 valence electrons. The van der Waals surface area contributed by atoms with Crippen molar-refractivity contribution in [3.63, 3.8) is 0 Å². The third kappa shape index (κ3) is 3.79. The fraction of sp³-hybridized carbons (Fsp3) is 0.316. The van der Waals surface area contributed by atoms with Gasteiger partial charge < -0.3 is 4.90 Å². The van der Waals surface area contributed by atoms with Gasteiger partial charge >= 0.3 is 0 Å². The van der Waals surface area contributed by atoms with E-state index in [1.54, 1.807) is 4.90 Å². The summed E-state index contributed by atoms with van der Waals surface area (Å²) in [5.74, 6) is -2.16. The molecule has 2 aromatic carbocycles. The third-order valence-corrected chi connectivity index (χ3v) is 4.30. The van der Waals surface area contributed by atoms with Crippen LogP contribution < -0.4 is 0 Å². The Morgan fingerprint density at radius 2 is 1.58 bits per heavy atom. The van der Waals surface area contributed by atoms with Gasteiger partial charge in [0.25, 0.3) is 5.91 Å². The number of nitrogens with zero attached hydrogens (tertiary/aromatic N) is 2. The Morgan fingerprint density at radius 1 is 0.875 bits per heavy atom. The van der Waals surface area contributed by atoms with Crippen molar-refractivity contribution in [2.45, 2.75) is 13.0 Å². The van der Waals surface area contributed by atoms with Crippen LogP contribution in [0.4, 0.5) is 8.78 Å². The second-order valence-corrected chi connectivity index (χ2v) is 6.00. The number of rotatable bonds is 3. The first kappa shape index (κ1) is 16.6. The van der Waals surface area contributed by atoms with E-state index in [1.165, 1.54) is 11.6 Å². The molecule has 0 aliphatic carbocycles. The van der Waals surface area contributed by atoms with Crippen molar-refractivity contribution in [3.8, 4) is 0 Å². The summed E-state index contributed by atoms with van der Waals surface area (Å²) in [6.07, 6.45) is 0.786. The molecule has 1 amide bonds. The normalized spacial score (nSPS) is 16.0. The maximum atomic E-state index is 13.8. The van der Waals surface area contributed by atoms with E-state index in [9.17, 15) is 13.6 Å². The highest BCUT2D eigenvalue weighted by atomic mass is 19.1. The van der Waals surface area contributed by atoms with Crippen LogP contribution >= 0.6 is 0 Å². The van der Waals surface area contributed by atoms with Crippen molar-refractivity contribution < 1.29 is 13.6 Å². The van der Waals surface area contributed by atoms with Crippen molar-refractivity contribution in [1.82, 2.24) is 9.80 Å². The van der Waals surface area contributed by atoms with Gasteiger partial charge in [0.15, 0.2) is 0 Å². The summed E-state index contributed by atoms with van der Waals surface area (Å²) in [7, 11) is 0. The molecule has 1 heterocycles. The molecule has 1 saturated heterocycles. The predicted molar refractivity (Wildman–Crippen MR) is 88.6 cm³/mol. The molecule has 0 unspecified atom stereocenters. The van der Waals surface area contributed by atoms with Crippen molar-refractivity contribution in [2.75, 3.05) is 26.2 Å². The fourth-order valence-electron chi connectivity index (χ4n) is 3.03. The van der Waals surface area contributed by atoms with Crippen LogP contribution in [0.15, 0.2) is 48.5 Å². The van der Waals surface area contributed by atoms with Crippen LogP contribution in [0, 0.1) is 11.6 Å². The van der Waals surface area contributed by atoms with E-state index >= 15 is 0 Å². The lowest BCUT2D eigenvalue weighted by Crippen LogP contribution is -2.36. The van der Waals surface area contributed by atoms with Crippen LogP contribution in [0.25, 0.3) is 0 Å². The number of benzene rings is 2. The molecule has 3 nitrogen and oxygen atoms in total. The van der Waals surface area contributed by atoms with E-state index in [-0.39, 0.29) is 0 Å². The van der Waals surface area contributed by atoms with Gasteiger partial charge in [-0.25, -0.2) is 8.78 Å². The molecule has 0 spiro atoms. The number of hydrogen-bond donors (Lipinski definition) is 0. The van der Waals surface area contributed by atoms with Crippen molar-refractivity contribution in [3.05, 3.63) is 71.3 Å². The van der Waals surface area contributed by atoms with Gasteiger partial charge in [-0.15, -0.1) is 0 Å². The Hall–Kier alpha value is -2.27. The van der Waals surface area contributed by atoms with Crippen LogP contribution in [0.1, 0.15) is 22.3 Å². The molecule has 1 aliphatic rings. The first-order valence-corrected chi connectivity index (χ1v) is 8.15. The molecule has 1 fully saturated rings. The number of carbonyl (C=O) groups is 1. The largest absolute Gasteiger partial charge is 0.337 e. The maximum Gasteiger partial charge on any atom is 0.259 e. The molecule has 0 N–H and O–H groups in total. The molecular weight excluding hydrogens is 310 g/mol. The predicted octanol–water partition coefficient (Wildman–Crippen LogP) is 3.31. The van der Waals surface area contributed by atoms with Gasteiger partial charge in [-0.3, -0.25) is 9.69 Å². The smallest absolute Gasteiger partial charge is 0.259 e. The summed E-state index contributed by atoms with van der Waals surface area (Å²) in [6, 6.07) is 13.6. The highest BCUT2D eigenvalue weighted by Crippen LogP contribution is 2.17. The zero-order chi connectivity index (χ0) is 16.9. The van der Waals surface area contributed by atoms with Crippen molar-refractivity contribution in [2.24, 2.45) is 0 Å². The number of hydrogen-bond acceptors (Lipinski definition) is 2. The minimum Gasteiger partial charge on any atom is -0.337 e. The van der Waals surface area contributed by atoms with Gasteiger partial charge in [0.05, 0.1) is 0 Å².